The first-order valence-electron chi connectivity index (χ1n) is 10.4. The quantitative estimate of drug-likeness (QED) is 0.652. The minimum atomic E-state index is 0.138. The highest BCUT2D eigenvalue weighted by molar-refractivity contribution is 7.18. The van der Waals surface area contributed by atoms with Crippen molar-refractivity contribution in [3.63, 3.8) is 0 Å². The van der Waals surface area contributed by atoms with Crippen LogP contribution >= 0.6 is 11.3 Å². The lowest BCUT2D eigenvalue weighted by molar-refractivity contribution is 0.0960. The van der Waals surface area contributed by atoms with Gasteiger partial charge in [-0.15, -0.1) is 11.3 Å². The Morgan fingerprint density at radius 2 is 1.73 bits per heavy atom. The Labute approximate surface area is 163 Å². The third-order valence-corrected chi connectivity index (χ3v) is 7.90. The second-order valence-corrected chi connectivity index (χ2v) is 11.3. The molecular weight excluding hydrogens is 336 g/mol. The molecule has 3 heteroatoms. The molecule has 0 atom stereocenters. The van der Waals surface area contributed by atoms with Crippen LogP contribution in [0, 0.1) is 11.3 Å². The van der Waals surface area contributed by atoms with Crippen LogP contribution in [0.15, 0.2) is 18.2 Å². The first-order chi connectivity index (χ1) is 12.2. The average molecular weight is 371 g/mol. The monoisotopic (exact) mass is 370 g/mol. The molecule has 4 rings (SSSR count). The second kappa shape index (κ2) is 6.60. The number of hydrogen-bond acceptors (Lipinski definition) is 3. The van der Waals surface area contributed by atoms with E-state index in [1.807, 2.05) is 11.3 Å². The summed E-state index contributed by atoms with van der Waals surface area (Å²) in [5.41, 5.74) is 3.16. The number of thiazole rings is 1. The molecule has 2 fully saturated rings. The van der Waals surface area contributed by atoms with Gasteiger partial charge in [-0.1, -0.05) is 40.7 Å². The van der Waals surface area contributed by atoms with Crippen LogP contribution in [0.25, 0.3) is 10.2 Å². The summed E-state index contributed by atoms with van der Waals surface area (Å²) in [5.74, 6) is 0.847. The van der Waals surface area contributed by atoms with E-state index in [9.17, 15) is 0 Å². The molecule has 1 saturated heterocycles. The molecule has 1 aromatic heterocycles. The Morgan fingerprint density at radius 3 is 2.35 bits per heavy atom. The number of nitrogens with zero attached hydrogens (tertiary/aromatic N) is 2. The van der Waals surface area contributed by atoms with E-state index < -0.39 is 0 Å². The zero-order chi connectivity index (χ0) is 18.5. The maximum absolute atomic E-state index is 4.86. The van der Waals surface area contributed by atoms with Crippen LogP contribution in [0.1, 0.15) is 70.9 Å². The van der Waals surface area contributed by atoms with E-state index in [4.69, 9.17) is 4.98 Å². The number of rotatable bonds is 4. The summed E-state index contributed by atoms with van der Waals surface area (Å²) in [6.45, 7) is 14.4. The number of benzene rings is 1. The molecule has 0 unspecified atom stereocenters. The van der Waals surface area contributed by atoms with Gasteiger partial charge in [-0.05, 0) is 74.2 Å². The molecular formula is C23H34N2S. The summed E-state index contributed by atoms with van der Waals surface area (Å²) < 4.78 is 1.35. The summed E-state index contributed by atoms with van der Waals surface area (Å²) in [7, 11) is 0. The van der Waals surface area contributed by atoms with Gasteiger partial charge in [0.05, 0.1) is 15.2 Å². The molecule has 1 aliphatic heterocycles. The van der Waals surface area contributed by atoms with E-state index >= 15 is 0 Å². The van der Waals surface area contributed by atoms with E-state index in [0.29, 0.717) is 5.41 Å². The van der Waals surface area contributed by atoms with Crippen molar-refractivity contribution in [1.82, 2.24) is 9.88 Å². The highest BCUT2D eigenvalue weighted by Crippen LogP contribution is 2.41. The van der Waals surface area contributed by atoms with Crippen molar-refractivity contribution in [3.8, 4) is 0 Å². The zero-order valence-electron chi connectivity index (χ0n) is 17.1. The van der Waals surface area contributed by atoms with E-state index in [0.717, 1.165) is 12.0 Å². The van der Waals surface area contributed by atoms with Crippen LogP contribution in [-0.2, 0) is 11.8 Å². The lowest BCUT2D eigenvalue weighted by Crippen LogP contribution is -2.40. The maximum Gasteiger partial charge on any atom is 0.0992 e. The number of piperidine rings is 1. The number of likely N-dealkylation sites (tertiary alicyclic amines) is 1. The van der Waals surface area contributed by atoms with Gasteiger partial charge < -0.3 is 4.90 Å². The Balaban J connectivity index is 1.46. The molecule has 1 aromatic carbocycles. The van der Waals surface area contributed by atoms with Crippen LogP contribution in [0.3, 0.4) is 0 Å². The third-order valence-electron chi connectivity index (χ3n) is 6.45. The highest BCUT2D eigenvalue weighted by atomic mass is 32.1. The Kier molecular flexibility index (Phi) is 4.68. The SMILES string of the molecule is CC(C)(C)c1nc2ccc(CC(C)(C)C3CCN(C4CC4)CC3)cc2s1. The Morgan fingerprint density at radius 1 is 1.04 bits per heavy atom. The molecule has 0 N–H and O–H groups in total. The molecule has 0 bridgehead atoms. The minimum Gasteiger partial charge on any atom is -0.300 e. The number of fused-ring (bicyclic) bond motifs is 1. The van der Waals surface area contributed by atoms with Crippen molar-refractivity contribution >= 4 is 21.6 Å². The van der Waals surface area contributed by atoms with Crippen molar-refractivity contribution in [2.45, 2.75) is 78.2 Å². The molecule has 1 aliphatic carbocycles. The smallest absolute Gasteiger partial charge is 0.0992 e. The molecule has 26 heavy (non-hydrogen) atoms. The molecule has 2 aliphatic rings. The standard InChI is InChI=1S/C23H34N2S/c1-22(2,3)21-24-19-9-6-16(14-20(19)26-21)15-23(4,5)17-10-12-25(13-11-17)18-7-8-18/h6,9,14,17-18H,7-8,10-13,15H2,1-5H3. The van der Waals surface area contributed by atoms with Crippen LogP contribution in [-0.4, -0.2) is 29.0 Å². The summed E-state index contributed by atoms with van der Waals surface area (Å²) in [4.78, 5) is 7.60. The van der Waals surface area contributed by atoms with Crippen LogP contribution in [0.5, 0.6) is 0 Å². The van der Waals surface area contributed by atoms with Crippen LogP contribution < -0.4 is 0 Å². The molecule has 1 saturated carbocycles. The summed E-state index contributed by atoms with van der Waals surface area (Å²) in [6.07, 6.45) is 6.82. The van der Waals surface area contributed by atoms with Gasteiger partial charge in [0.2, 0.25) is 0 Å². The summed E-state index contributed by atoms with van der Waals surface area (Å²) in [5, 5.41) is 1.25. The first kappa shape index (κ1) is 18.4. The fraction of sp³-hybridized carbons (Fsp3) is 0.696. The Bertz CT molecular complexity index is 771. The predicted octanol–water partition coefficient (Wildman–Crippen LogP) is 6.04. The van der Waals surface area contributed by atoms with E-state index in [2.05, 4.69) is 57.7 Å². The summed E-state index contributed by atoms with van der Waals surface area (Å²) >= 11 is 1.87. The molecule has 0 radical (unpaired) electrons. The van der Waals surface area contributed by atoms with E-state index in [1.54, 1.807) is 0 Å². The van der Waals surface area contributed by atoms with Gasteiger partial charge in [0.25, 0.3) is 0 Å². The second-order valence-electron chi connectivity index (χ2n) is 10.3. The van der Waals surface area contributed by atoms with E-state index in [-0.39, 0.29) is 5.41 Å². The summed E-state index contributed by atoms with van der Waals surface area (Å²) in [6, 6.07) is 7.89. The highest BCUT2D eigenvalue weighted by Gasteiger charge is 2.37. The fourth-order valence-corrected chi connectivity index (χ4v) is 5.64. The van der Waals surface area contributed by atoms with Crippen molar-refractivity contribution in [2.75, 3.05) is 13.1 Å². The topological polar surface area (TPSA) is 16.1 Å². The molecule has 2 nitrogen and oxygen atoms in total. The molecule has 0 spiro atoms. The van der Waals surface area contributed by atoms with Gasteiger partial charge >= 0.3 is 0 Å². The molecule has 0 amide bonds. The molecule has 2 heterocycles. The van der Waals surface area contributed by atoms with Gasteiger partial charge in [-0.25, -0.2) is 4.98 Å². The van der Waals surface area contributed by atoms with Gasteiger partial charge in [0, 0.05) is 11.5 Å². The van der Waals surface area contributed by atoms with Gasteiger partial charge in [-0.3, -0.25) is 0 Å². The lowest BCUT2D eigenvalue weighted by Gasteiger charge is -2.41. The lowest BCUT2D eigenvalue weighted by atomic mass is 9.70. The van der Waals surface area contributed by atoms with Crippen LogP contribution in [0.2, 0.25) is 0 Å². The number of aromatic nitrogens is 1. The van der Waals surface area contributed by atoms with Crippen molar-refractivity contribution in [2.24, 2.45) is 11.3 Å². The normalized spacial score (nSPS) is 20.8. The Hall–Kier alpha value is -0.930. The zero-order valence-corrected chi connectivity index (χ0v) is 18.0. The van der Waals surface area contributed by atoms with Gasteiger partial charge in [-0.2, -0.15) is 0 Å². The van der Waals surface area contributed by atoms with Crippen LogP contribution in [0.4, 0.5) is 0 Å². The van der Waals surface area contributed by atoms with Gasteiger partial charge in [0.15, 0.2) is 0 Å². The first-order valence-corrected chi connectivity index (χ1v) is 11.2. The number of hydrogen-bond donors (Lipinski definition) is 0. The minimum absolute atomic E-state index is 0.138. The largest absolute Gasteiger partial charge is 0.300 e. The van der Waals surface area contributed by atoms with Gasteiger partial charge in [0.1, 0.15) is 0 Å². The van der Waals surface area contributed by atoms with Crippen molar-refractivity contribution in [1.29, 1.82) is 0 Å². The maximum atomic E-state index is 4.86. The average Bonchev–Trinajstić information content (AvgIpc) is 3.32. The van der Waals surface area contributed by atoms with E-state index in [1.165, 1.54) is 66.0 Å². The predicted molar refractivity (Wildman–Crippen MR) is 113 cm³/mol. The molecule has 142 valence electrons. The molecule has 2 aromatic rings. The fourth-order valence-electron chi connectivity index (χ4n) is 4.56. The van der Waals surface area contributed by atoms with Crippen molar-refractivity contribution in [3.05, 3.63) is 28.8 Å². The van der Waals surface area contributed by atoms with Crippen molar-refractivity contribution < 1.29 is 0 Å². The third kappa shape index (κ3) is 3.84.